The molecule has 0 bridgehead atoms. The van der Waals surface area contributed by atoms with Crippen molar-refractivity contribution in [2.75, 3.05) is 25.9 Å². The fourth-order valence-electron chi connectivity index (χ4n) is 1.75. The molecule has 0 aliphatic rings. The van der Waals surface area contributed by atoms with Crippen LogP contribution in [0.3, 0.4) is 0 Å². The SMILES string of the molecule is CNCC(C)(C)COC(C)(C)Cn1cc(N)nn1. The lowest BCUT2D eigenvalue weighted by Crippen LogP contribution is -2.38. The van der Waals surface area contributed by atoms with Crippen LogP contribution in [0.4, 0.5) is 5.82 Å². The fourth-order valence-corrected chi connectivity index (χ4v) is 1.75. The van der Waals surface area contributed by atoms with Crippen LogP contribution in [0.2, 0.25) is 0 Å². The molecule has 0 saturated carbocycles. The summed E-state index contributed by atoms with van der Waals surface area (Å²) in [6, 6.07) is 0. The van der Waals surface area contributed by atoms with Gasteiger partial charge in [-0.05, 0) is 20.9 Å². The predicted molar refractivity (Wildman–Crippen MR) is 72.2 cm³/mol. The summed E-state index contributed by atoms with van der Waals surface area (Å²) in [6.07, 6.45) is 1.71. The average molecular weight is 255 g/mol. The molecular weight excluding hydrogens is 230 g/mol. The molecule has 0 saturated heterocycles. The first-order chi connectivity index (χ1) is 8.24. The Hall–Kier alpha value is -1.14. The van der Waals surface area contributed by atoms with Crippen molar-refractivity contribution in [2.24, 2.45) is 5.41 Å². The second kappa shape index (κ2) is 5.67. The molecule has 1 rings (SSSR count). The van der Waals surface area contributed by atoms with E-state index in [2.05, 4.69) is 29.5 Å². The van der Waals surface area contributed by atoms with Crippen LogP contribution in [0, 0.1) is 5.41 Å². The van der Waals surface area contributed by atoms with Gasteiger partial charge in [-0.25, -0.2) is 4.68 Å². The average Bonchev–Trinajstić information content (AvgIpc) is 2.61. The van der Waals surface area contributed by atoms with E-state index < -0.39 is 0 Å². The summed E-state index contributed by atoms with van der Waals surface area (Å²) < 4.78 is 7.70. The molecule has 0 unspecified atom stereocenters. The third-order valence-electron chi connectivity index (χ3n) is 2.61. The van der Waals surface area contributed by atoms with Crippen molar-refractivity contribution >= 4 is 5.82 Å². The van der Waals surface area contributed by atoms with Crippen molar-refractivity contribution in [3.8, 4) is 0 Å². The van der Waals surface area contributed by atoms with Gasteiger partial charge in [0, 0.05) is 12.0 Å². The number of rotatable bonds is 7. The van der Waals surface area contributed by atoms with Gasteiger partial charge in [0.1, 0.15) is 0 Å². The number of ether oxygens (including phenoxy) is 1. The number of aromatic nitrogens is 3. The lowest BCUT2D eigenvalue weighted by molar-refractivity contribution is -0.0650. The summed E-state index contributed by atoms with van der Waals surface area (Å²) in [6.45, 7) is 10.7. The molecule has 3 N–H and O–H groups in total. The highest BCUT2D eigenvalue weighted by Crippen LogP contribution is 2.20. The maximum absolute atomic E-state index is 5.99. The summed E-state index contributed by atoms with van der Waals surface area (Å²) in [5, 5.41) is 10.9. The lowest BCUT2D eigenvalue weighted by atomic mass is 9.94. The zero-order valence-electron chi connectivity index (χ0n) is 12.0. The van der Waals surface area contributed by atoms with Crippen molar-refractivity contribution in [1.82, 2.24) is 20.3 Å². The van der Waals surface area contributed by atoms with Crippen LogP contribution in [0.25, 0.3) is 0 Å². The zero-order chi connectivity index (χ0) is 13.8. The third-order valence-corrected chi connectivity index (χ3v) is 2.61. The number of hydrogen-bond acceptors (Lipinski definition) is 5. The van der Waals surface area contributed by atoms with Crippen molar-refractivity contribution < 1.29 is 4.74 Å². The highest BCUT2D eigenvalue weighted by molar-refractivity contribution is 5.19. The van der Waals surface area contributed by atoms with Gasteiger partial charge in [0.2, 0.25) is 0 Å². The van der Waals surface area contributed by atoms with Gasteiger partial charge in [0.15, 0.2) is 5.82 Å². The van der Waals surface area contributed by atoms with Gasteiger partial charge in [-0.15, -0.1) is 5.10 Å². The molecule has 0 radical (unpaired) electrons. The first-order valence-electron chi connectivity index (χ1n) is 6.18. The second-order valence-electron chi connectivity index (χ2n) is 6.08. The van der Waals surface area contributed by atoms with Crippen LogP contribution in [-0.4, -0.2) is 40.8 Å². The van der Waals surface area contributed by atoms with Crippen molar-refractivity contribution in [3.63, 3.8) is 0 Å². The van der Waals surface area contributed by atoms with Gasteiger partial charge in [-0.1, -0.05) is 19.1 Å². The molecule has 0 aromatic carbocycles. The quantitative estimate of drug-likeness (QED) is 0.757. The molecule has 6 heteroatoms. The van der Waals surface area contributed by atoms with Crippen LogP contribution in [-0.2, 0) is 11.3 Å². The molecule has 6 nitrogen and oxygen atoms in total. The van der Waals surface area contributed by atoms with E-state index in [4.69, 9.17) is 10.5 Å². The monoisotopic (exact) mass is 255 g/mol. The van der Waals surface area contributed by atoms with Crippen molar-refractivity contribution in [1.29, 1.82) is 0 Å². The van der Waals surface area contributed by atoms with E-state index in [1.54, 1.807) is 10.9 Å². The van der Waals surface area contributed by atoms with E-state index in [9.17, 15) is 0 Å². The number of hydrogen-bond donors (Lipinski definition) is 2. The third kappa shape index (κ3) is 5.01. The number of nitrogens with two attached hydrogens (primary N) is 1. The Morgan fingerprint density at radius 1 is 1.39 bits per heavy atom. The maximum atomic E-state index is 5.99. The molecular formula is C12H25N5O. The first kappa shape index (κ1) is 14.9. The van der Waals surface area contributed by atoms with Crippen LogP contribution in [0.15, 0.2) is 6.20 Å². The van der Waals surface area contributed by atoms with Crippen molar-refractivity contribution in [2.45, 2.75) is 39.8 Å². The fraction of sp³-hybridized carbons (Fsp3) is 0.833. The number of nitrogen functional groups attached to an aromatic ring is 1. The highest BCUT2D eigenvalue weighted by Gasteiger charge is 2.25. The van der Waals surface area contributed by atoms with Gasteiger partial charge in [0.25, 0.3) is 0 Å². The molecule has 0 spiro atoms. The number of nitrogens with one attached hydrogen (secondary N) is 1. The van der Waals surface area contributed by atoms with Crippen molar-refractivity contribution in [3.05, 3.63) is 6.20 Å². The van der Waals surface area contributed by atoms with E-state index in [0.29, 0.717) is 19.0 Å². The Bertz CT molecular complexity index is 372. The summed E-state index contributed by atoms with van der Waals surface area (Å²) in [5.74, 6) is 0.432. The lowest BCUT2D eigenvalue weighted by Gasteiger charge is -2.31. The molecule has 18 heavy (non-hydrogen) atoms. The van der Waals surface area contributed by atoms with Crippen LogP contribution >= 0.6 is 0 Å². The molecule has 1 heterocycles. The molecule has 0 atom stereocenters. The van der Waals surface area contributed by atoms with E-state index in [1.807, 2.05) is 20.9 Å². The Balaban J connectivity index is 2.49. The summed E-state index contributed by atoms with van der Waals surface area (Å²) >= 11 is 0. The molecule has 0 aliphatic carbocycles. The highest BCUT2D eigenvalue weighted by atomic mass is 16.5. The van der Waals surface area contributed by atoms with Gasteiger partial charge < -0.3 is 15.8 Å². The summed E-state index contributed by atoms with van der Waals surface area (Å²) in [4.78, 5) is 0. The van der Waals surface area contributed by atoms with Gasteiger partial charge in [0.05, 0.1) is 24.9 Å². The summed E-state index contributed by atoms with van der Waals surface area (Å²) in [5.41, 5.74) is 5.34. The Morgan fingerprint density at radius 2 is 2.06 bits per heavy atom. The molecule has 0 amide bonds. The maximum Gasteiger partial charge on any atom is 0.165 e. The molecule has 1 aromatic heterocycles. The van der Waals surface area contributed by atoms with Gasteiger partial charge in [-0.2, -0.15) is 0 Å². The Kier molecular flexibility index (Phi) is 4.70. The topological polar surface area (TPSA) is 78.0 Å². The smallest absolute Gasteiger partial charge is 0.165 e. The zero-order valence-corrected chi connectivity index (χ0v) is 12.0. The van der Waals surface area contributed by atoms with Gasteiger partial charge >= 0.3 is 0 Å². The summed E-state index contributed by atoms with van der Waals surface area (Å²) in [7, 11) is 1.95. The van der Waals surface area contributed by atoms with Crippen LogP contribution < -0.4 is 11.1 Å². The second-order valence-corrected chi connectivity index (χ2v) is 6.08. The predicted octanol–water partition coefficient (Wildman–Crippen LogP) is 0.901. The molecule has 104 valence electrons. The van der Waals surface area contributed by atoms with E-state index in [0.717, 1.165) is 6.54 Å². The minimum absolute atomic E-state index is 0.105. The minimum atomic E-state index is -0.300. The normalized spacial score (nSPS) is 12.9. The van der Waals surface area contributed by atoms with Crippen LogP contribution in [0.5, 0.6) is 0 Å². The standard InChI is InChI=1S/C12H25N5O/c1-11(2,7-14-5)9-18-12(3,4)8-17-6-10(13)15-16-17/h6,14H,7-9,13H2,1-5H3. The van der Waals surface area contributed by atoms with Gasteiger partial charge in [-0.3, -0.25) is 0 Å². The largest absolute Gasteiger partial charge is 0.381 e. The van der Waals surface area contributed by atoms with E-state index in [-0.39, 0.29) is 11.0 Å². The first-order valence-corrected chi connectivity index (χ1v) is 6.18. The van der Waals surface area contributed by atoms with E-state index in [1.165, 1.54) is 0 Å². The number of anilines is 1. The number of nitrogens with zero attached hydrogens (tertiary/aromatic N) is 3. The minimum Gasteiger partial charge on any atom is -0.381 e. The molecule has 1 aromatic rings. The Labute approximate surface area is 109 Å². The Morgan fingerprint density at radius 3 is 2.56 bits per heavy atom. The van der Waals surface area contributed by atoms with Crippen LogP contribution in [0.1, 0.15) is 27.7 Å². The molecule has 0 fully saturated rings. The molecule has 0 aliphatic heterocycles. The van der Waals surface area contributed by atoms with E-state index >= 15 is 0 Å².